The average Bonchev–Trinajstić information content (AvgIpc) is 3.19. The quantitative estimate of drug-likeness (QED) is 0.747. The van der Waals surface area contributed by atoms with Gasteiger partial charge in [-0.2, -0.15) is 5.10 Å². The molecule has 8 nitrogen and oxygen atoms in total. The molecule has 0 aliphatic carbocycles. The van der Waals surface area contributed by atoms with Gasteiger partial charge >= 0.3 is 5.69 Å². The van der Waals surface area contributed by atoms with E-state index < -0.39 is 0 Å². The number of nitrogens with zero attached hydrogens (tertiary/aromatic N) is 5. The minimum atomic E-state index is -0.206. The topological polar surface area (TPSA) is 87.1 Å². The van der Waals surface area contributed by atoms with E-state index in [2.05, 4.69) is 20.1 Å². The molecule has 3 heterocycles. The SMILES string of the molecule is CN(C(=O)c1ccc(-n2cc[nH]c2=O)cc1)C1CCCN(c2cccnn2)C1. The Morgan fingerprint density at radius 3 is 2.75 bits per heavy atom. The number of aromatic amines is 1. The van der Waals surface area contributed by atoms with Crippen LogP contribution in [0.1, 0.15) is 23.2 Å². The van der Waals surface area contributed by atoms with Gasteiger partial charge in [-0.25, -0.2) is 4.79 Å². The number of likely N-dealkylation sites (N-methyl/N-ethyl adjacent to an activating group) is 1. The van der Waals surface area contributed by atoms with Crippen LogP contribution in [0.4, 0.5) is 5.82 Å². The fourth-order valence-corrected chi connectivity index (χ4v) is 3.60. The molecule has 0 saturated carbocycles. The molecule has 8 heteroatoms. The fraction of sp³-hybridized carbons (Fsp3) is 0.300. The van der Waals surface area contributed by atoms with Gasteiger partial charge in [0.15, 0.2) is 5.82 Å². The van der Waals surface area contributed by atoms with E-state index in [9.17, 15) is 9.59 Å². The zero-order valence-electron chi connectivity index (χ0n) is 15.7. The smallest absolute Gasteiger partial charge is 0.330 e. The lowest BCUT2D eigenvalue weighted by atomic mass is 10.0. The Kier molecular flexibility index (Phi) is 4.92. The van der Waals surface area contributed by atoms with Crippen LogP contribution in [0.3, 0.4) is 0 Å². The van der Waals surface area contributed by atoms with Crippen molar-refractivity contribution in [1.82, 2.24) is 24.6 Å². The number of H-pyrrole nitrogens is 1. The monoisotopic (exact) mass is 378 g/mol. The van der Waals surface area contributed by atoms with Crippen molar-refractivity contribution in [3.8, 4) is 5.69 Å². The highest BCUT2D eigenvalue weighted by atomic mass is 16.2. The number of carbonyl (C=O) groups is 1. The van der Waals surface area contributed by atoms with Crippen molar-refractivity contribution in [2.45, 2.75) is 18.9 Å². The standard InChI is InChI=1S/C20H22N6O2/c1-24(17-4-3-12-25(14-17)18-5-2-10-22-23-18)19(27)15-6-8-16(9-7-15)26-13-11-21-20(26)28/h2,5-11,13,17H,3-4,12,14H2,1H3,(H,21,28). The van der Waals surface area contributed by atoms with Crippen LogP contribution in [0.15, 0.2) is 59.8 Å². The second-order valence-electron chi connectivity index (χ2n) is 6.92. The van der Waals surface area contributed by atoms with Crippen LogP contribution in [-0.4, -0.2) is 56.7 Å². The molecular formula is C20H22N6O2. The molecule has 1 aliphatic rings. The Morgan fingerprint density at radius 2 is 2.07 bits per heavy atom. The second-order valence-corrected chi connectivity index (χ2v) is 6.92. The first-order valence-electron chi connectivity index (χ1n) is 9.30. The van der Waals surface area contributed by atoms with E-state index >= 15 is 0 Å². The summed E-state index contributed by atoms with van der Waals surface area (Å²) in [7, 11) is 1.84. The number of amides is 1. The highest BCUT2D eigenvalue weighted by molar-refractivity contribution is 5.94. The molecule has 1 aromatic carbocycles. The van der Waals surface area contributed by atoms with E-state index in [1.165, 1.54) is 4.57 Å². The Morgan fingerprint density at radius 1 is 1.25 bits per heavy atom. The summed E-state index contributed by atoms with van der Waals surface area (Å²) in [5.74, 6) is 0.813. The number of imidazole rings is 1. The van der Waals surface area contributed by atoms with Gasteiger partial charge in [-0.1, -0.05) is 0 Å². The van der Waals surface area contributed by atoms with Crippen LogP contribution >= 0.6 is 0 Å². The third kappa shape index (κ3) is 3.53. The third-order valence-electron chi connectivity index (χ3n) is 5.19. The van der Waals surface area contributed by atoms with Gasteiger partial charge < -0.3 is 14.8 Å². The Hall–Kier alpha value is -3.42. The number of carbonyl (C=O) groups excluding carboxylic acids is 1. The third-order valence-corrected chi connectivity index (χ3v) is 5.19. The van der Waals surface area contributed by atoms with Crippen molar-refractivity contribution in [2.24, 2.45) is 0 Å². The molecule has 1 unspecified atom stereocenters. The normalized spacial score (nSPS) is 16.8. The summed E-state index contributed by atoms with van der Waals surface area (Å²) in [6.45, 7) is 1.65. The zero-order chi connectivity index (χ0) is 19.5. The maximum atomic E-state index is 13.0. The molecule has 4 rings (SSSR count). The number of hydrogen-bond donors (Lipinski definition) is 1. The second kappa shape index (κ2) is 7.67. The van der Waals surface area contributed by atoms with Crippen molar-refractivity contribution < 1.29 is 4.79 Å². The molecule has 1 N–H and O–H groups in total. The highest BCUT2D eigenvalue weighted by Gasteiger charge is 2.27. The summed E-state index contributed by atoms with van der Waals surface area (Å²) in [4.78, 5) is 31.3. The number of benzene rings is 1. The van der Waals surface area contributed by atoms with Crippen molar-refractivity contribution >= 4 is 11.7 Å². The first-order valence-corrected chi connectivity index (χ1v) is 9.30. The summed E-state index contributed by atoms with van der Waals surface area (Å²) >= 11 is 0. The number of nitrogens with one attached hydrogen (secondary N) is 1. The van der Waals surface area contributed by atoms with Gasteiger partial charge in [-0.3, -0.25) is 9.36 Å². The van der Waals surface area contributed by atoms with E-state index in [0.717, 1.165) is 37.4 Å². The lowest BCUT2D eigenvalue weighted by Crippen LogP contribution is -2.48. The predicted octanol–water partition coefficient (Wildman–Crippen LogP) is 1.70. The number of hydrogen-bond acceptors (Lipinski definition) is 5. The summed E-state index contributed by atoms with van der Waals surface area (Å²) in [5, 5.41) is 8.13. The van der Waals surface area contributed by atoms with Gasteiger partial charge in [-0.05, 0) is 49.2 Å². The Balaban J connectivity index is 1.47. The molecule has 1 fully saturated rings. The minimum absolute atomic E-state index is 0.0287. The van der Waals surface area contributed by atoms with Gasteiger partial charge in [0.25, 0.3) is 5.91 Å². The molecule has 1 atom stereocenters. The molecule has 0 bridgehead atoms. The average molecular weight is 378 g/mol. The molecule has 1 amide bonds. The summed E-state index contributed by atoms with van der Waals surface area (Å²) < 4.78 is 1.50. The van der Waals surface area contributed by atoms with Crippen molar-refractivity contribution in [2.75, 3.05) is 25.0 Å². The molecule has 144 valence electrons. The Bertz CT molecular complexity index is 995. The lowest BCUT2D eigenvalue weighted by Gasteiger charge is -2.38. The first kappa shape index (κ1) is 18.0. The Labute approximate surface area is 162 Å². The minimum Gasteiger partial charge on any atom is -0.353 e. The number of rotatable bonds is 4. The predicted molar refractivity (Wildman–Crippen MR) is 106 cm³/mol. The summed E-state index contributed by atoms with van der Waals surface area (Å²) in [5.41, 5.74) is 1.12. The van der Waals surface area contributed by atoms with E-state index in [1.807, 2.05) is 19.2 Å². The van der Waals surface area contributed by atoms with Crippen LogP contribution in [0, 0.1) is 0 Å². The number of anilines is 1. The van der Waals surface area contributed by atoms with E-state index in [-0.39, 0.29) is 17.6 Å². The van der Waals surface area contributed by atoms with Gasteiger partial charge in [0.1, 0.15) is 0 Å². The molecular weight excluding hydrogens is 356 g/mol. The fourth-order valence-electron chi connectivity index (χ4n) is 3.60. The molecule has 2 aromatic heterocycles. The van der Waals surface area contributed by atoms with Crippen LogP contribution in [-0.2, 0) is 0 Å². The zero-order valence-corrected chi connectivity index (χ0v) is 15.7. The van der Waals surface area contributed by atoms with Gasteiger partial charge in [0.05, 0.1) is 5.69 Å². The number of aromatic nitrogens is 4. The van der Waals surface area contributed by atoms with Crippen LogP contribution in [0.25, 0.3) is 5.69 Å². The largest absolute Gasteiger partial charge is 0.353 e. The lowest BCUT2D eigenvalue weighted by molar-refractivity contribution is 0.0717. The van der Waals surface area contributed by atoms with E-state index in [1.54, 1.807) is 47.8 Å². The van der Waals surface area contributed by atoms with Gasteiger partial charge in [0.2, 0.25) is 0 Å². The van der Waals surface area contributed by atoms with Crippen LogP contribution in [0.5, 0.6) is 0 Å². The van der Waals surface area contributed by atoms with Gasteiger partial charge in [-0.15, -0.1) is 5.10 Å². The van der Waals surface area contributed by atoms with Crippen molar-refractivity contribution in [3.05, 3.63) is 71.0 Å². The van der Waals surface area contributed by atoms with Crippen LogP contribution < -0.4 is 10.6 Å². The molecule has 1 aliphatic heterocycles. The maximum absolute atomic E-state index is 13.0. The molecule has 28 heavy (non-hydrogen) atoms. The van der Waals surface area contributed by atoms with Crippen molar-refractivity contribution in [3.63, 3.8) is 0 Å². The number of piperidine rings is 1. The first-order chi connectivity index (χ1) is 13.6. The molecule has 0 spiro atoms. The summed E-state index contributed by atoms with van der Waals surface area (Å²) in [6, 6.07) is 11.0. The van der Waals surface area contributed by atoms with Gasteiger partial charge in [0, 0.05) is 50.3 Å². The highest BCUT2D eigenvalue weighted by Crippen LogP contribution is 2.21. The summed E-state index contributed by atoms with van der Waals surface area (Å²) in [6.07, 6.45) is 6.85. The van der Waals surface area contributed by atoms with Crippen LogP contribution in [0.2, 0.25) is 0 Å². The van der Waals surface area contributed by atoms with Crippen molar-refractivity contribution in [1.29, 1.82) is 0 Å². The van der Waals surface area contributed by atoms with E-state index in [4.69, 9.17) is 0 Å². The maximum Gasteiger partial charge on any atom is 0.330 e. The van der Waals surface area contributed by atoms with E-state index in [0.29, 0.717) is 5.56 Å². The molecule has 0 radical (unpaired) electrons. The molecule has 1 saturated heterocycles. The molecule has 3 aromatic rings.